The van der Waals surface area contributed by atoms with Crippen LogP contribution in [-0.2, 0) is 15.3 Å². The van der Waals surface area contributed by atoms with Crippen LogP contribution in [0.15, 0.2) is 28.7 Å². The molecular formula is C16H19NO3S. The SMILES string of the molecule is CCOC(=O)CSCc1nc(-c2ccc(C)cc2)oc1C. The summed E-state index contributed by atoms with van der Waals surface area (Å²) >= 11 is 1.48. The van der Waals surface area contributed by atoms with Gasteiger partial charge in [-0.15, -0.1) is 11.8 Å². The lowest BCUT2D eigenvalue weighted by Crippen LogP contribution is -2.06. The van der Waals surface area contributed by atoms with E-state index in [2.05, 4.69) is 4.98 Å². The molecule has 1 heterocycles. The Morgan fingerprint density at radius 2 is 2.00 bits per heavy atom. The molecule has 0 spiro atoms. The molecule has 0 bridgehead atoms. The molecular weight excluding hydrogens is 286 g/mol. The van der Waals surface area contributed by atoms with Gasteiger partial charge in [-0.1, -0.05) is 17.7 Å². The van der Waals surface area contributed by atoms with Gasteiger partial charge >= 0.3 is 5.97 Å². The summed E-state index contributed by atoms with van der Waals surface area (Å²) < 4.78 is 10.6. The second-order valence-electron chi connectivity index (χ2n) is 4.69. The molecule has 2 aromatic rings. The standard InChI is InChI=1S/C16H19NO3S/c1-4-19-15(18)10-21-9-14-12(3)20-16(17-14)13-7-5-11(2)6-8-13/h5-8H,4,9-10H2,1-3H3. The number of ether oxygens (including phenoxy) is 1. The minimum atomic E-state index is -0.192. The lowest BCUT2D eigenvalue weighted by atomic mass is 10.1. The molecule has 0 fully saturated rings. The minimum Gasteiger partial charge on any atom is -0.465 e. The van der Waals surface area contributed by atoms with Crippen molar-refractivity contribution in [2.45, 2.75) is 26.5 Å². The predicted octanol–water partition coefficient (Wildman–Crippen LogP) is 3.75. The molecule has 0 aliphatic heterocycles. The predicted molar refractivity (Wildman–Crippen MR) is 84.2 cm³/mol. The summed E-state index contributed by atoms with van der Waals surface area (Å²) in [4.78, 5) is 15.8. The van der Waals surface area contributed by atoms with Crippen molar-refractivity contribution in [1.29, 1.82) is 0 Å². The number of oxazole rings is 1. The van der Waals surface area contributed by atoms with Crippen LogP contribution in [0.5, 0.6) is 0 Å². The molecule has 4 nitrogen and oxygen atoms in total. The number of hydrogen-bond acceptors (Lipinski definition) is 5. The normalized spacial score (nSPS) is 10.6. The second-order valence-corrected chi connectivity index (χ2v) is 5.67. The molecule has 0 unspecified atom stereocenters. The van der Waals surface area contributed by atoms with Crippen molar-refractivity contribution < 1.29 is 13.9 Å². The smallest absolute Gasteiger partial charge is 0.315 e. The summed E-state index contributed by atoms with van der Waals surface area (Å²) in [5, 5.41) is 0. The maximum atomic E-state index is 11.3. The third-order valence-electron chi connectivity index (χ3n) is 2.96. The van der Waals surface area contributed by atoms with Crippen molar-refractivity contribution in [2.75, 3.05) is 12.4 Å². The number of carbonyl (C=O) groups excluding carboxylic acids is 1. The molecule has 0 saturated carbocycles. The molecule has 0 aliphatic carbocycles. The molecule has 112 valence electrons. The highest BCUT2D eigenvalue weighted by atomic mass is 32.2. The van der Waals surface area contributed by atoms with Crippen molar-refractivity contribution in [3.63, 3.8) is 0 Å². The number of hydrogen-bond donors (Lipinski definition) is 0. The van der Waals surface area contributed by atoms with Crippen LogP contribution in [0.2, 0.25) is 0 Å². The van der Waals surface area contributed by atoms with Gasteiger partial charge in [0.2, 0.25) is 5.89 Å². The molecule has 0 radical (unpaired) electrons. The van der Waals surface area contributed by atoms with Crippen LogP contribution in [0.4, 0.5) is 0 Å². The molecule has 0 amide bonds. The third kappa shape index (κ3) is 4.36. The van der Waals surface area contributed by atoms with E-state index >= 15 is 0 Å². The number of aryl methyl sites for hydroxylation is 2. The van der Waals surface area contributed by atoms with Crippen LogP contribution in [0.1, 0.15) is 23.9 Å². The Kier molecular flexibility index (Phi) is 5.44. The van der Waals surface area contributed by atoms with Gasteiger partial charge in [0.15, 0.2) is 0 Å². The van der Waals surface area contributed by atoms with E-state index in [9.17, 15) is 4.79 Å². The van der Waals surface area contributed by atoms with E-state index in [1.807, 2.05) is 38.1 Å². The van der Waals surface area contributed by atoms with Gasteiger partial charge < -0.3 is 9.15 Å². The first-order valence-corrected chi connectivity index (χ1v) is 8.02. The highest BCUT2D eigenvalue weighted by Gasteiger charge is 2.12. The van der Waals surface area contributed by atoms with Crippen molar-refractivity contribution in [1.82, 2.24) is 4.98 Å². The van der Waals surface area contributed by atoms with E-state index in [1.54, 1.807) is 6.92 Å². The average molecular weight is 305 g/mol. The van der Waals surface area contributed by atoms with Crippen molar-refractivity contribution in [3.05, 3.63) is 41.3 Å². The van der Waals surface area contributed by atoms with Crippen LogP contribution in [0.25, 0.3) is 11.5 Å². The van der Waals surface area contributed by atoms with Crippen molar-refractivity contribution in [2.24, 2.45) is 0 Å². The zero-order chi connectivity index (χ0) is 15.2. The van der Waals surface area contributed by atoms with Gasteiger partial charge in [-0.05, 0) is 32.9 Å². The maximum Gasteiger partial charge on any atom is 0.315 e. The summed E-state index contributed by atoms with van der Waals surface area (Å²) in [5.74, 6) is 2.20. The molecule has 5 heteroatoms. The Balaban J connectivity index is 1.99. The number of esters is 1. The first kappa shape index (κ1) is 15.6. The number of aromatic nitrogens is 1. The zero-order valence-corrected chi connectivity index (χ0v) is 13.3. The number of benzene rings is 1. The molecule has 2 rings (SSSR count). The van der Waals surface area contributed by atoms with E-state index in [0.717, 1.165) is 17.0 Å². The van der Waals surface area contributed by atoms with Gasteiger partial charge in [-0.25, -0.2) is 4.98 Å². The van der Waals surface area contributed by atoms with Crippen molar-refractivity contribution >= 4 is 17.7 Å². The Hall–Kier alpha value is -1.75. The Bertz CT molecular complexity index is 604. The van der Waals surface area contributed by atoms with Gasteiger partial charge in [0.25, 0.3) is 0 Å². The lowest BCUT2D eigenvalue weighted by molar-refractivity contribution is -0.139. The van der Waals surface area contributed by atoms with Gasteiger partial charge in [0.1, 0.15) is 5.76 Å². The fraction of sp³-hybridized carbons (Fsp3) is 0.375. The van der Waals surface area contributed by atoms with Crippen LogP contribution < -0.4 is 0 Å². The lowest BCUT2D eigenvalue weighted by Gasteiger charge is -2.00. The number of carbonyl (C=O) groups is 1. The largest absolute Gasteiger partial charge is 0.465 e. The second kappa shape index (κ2) is 7.31. The Morgan fingerprint density at radius 3 is 2.67 bits per heavy atom. The minimum absolute atomic E-state index is 0.192. The molecule has 0 atom stereocenters. The summed E-state index contributed by atoms with van der Waals surface area (Å²) in [6.45, 7) is 6.16. The van der Waals surface area contributed by atoms with Crippen LogP contribution in [0, 0.1) is 13.8 Å². The first-order valence-electron chi connectivity index (χ1n) is 6.87. The van der Waals surface area contributed by atoms with Crippen molar-refractivity contribution in [3.8, 4) is 11.5 Å². The van der Waals surface area contributed by atoms with Crippen LogP contribution in [-0.4, -0.2) is 23.3 Å². The first-order chi connectivity index (χ1) is 10.1. The zero-order valence-electron chi connectivity index (χ0n) is 12.5. The molecule has 0 N–H and O–H groups in total. The highest BCUT2D eigenvalue weighted by molar-refractivity contribution is 7.99. The van der Waals surface area contributed by atoms with Gasteiger partial charge in [0.05, 0.1) is 18.1 Å². The topological polar surface area (TPSA) is 52.3 Å². The monoisotopic (exact) mass is 305 g/mol. The van der Waals surface area contributed by atoms with E-state index in [-0.39, 0.29) is 5.97 Å². The highest BCUT2D eigenvalue weighted by Crippen LogP contribution is 2.24. The average Bonchev–Trinajstić information content (AvgIpc) is 2.81. The Morgan fingerprint density at radius 1 is 1.29 bits per heavy atom. The molecule has 1 aromatic heterocycles. The number of nitrogens with zero attached hydrogens (tertiary/aromatic N) is 1. The summed E-state index contributed by atoms with van der Waals surface area (Å²) in [6, 6.07) is 8.06. The summed E-state index contributed by atoms with van der Waals surface area (Å²) in [7, 11) is 0. The number of thioether (sulfide) groups is 1. The summed E-state index contributed by atoms with van der Waals surface area (Å²) in [5.41, 5.74) is 3.04. The molecule has 1 aromatic carbocycles. The van der Waals surface area contributed by atoms with E-state index in [1.165, 1.54) is 17.3 Å². The van der Waals surface area contributed by atoms with Crippen LogP contribution in [0.3, 0.4) is 0 Å². The Labute approximate surface area is 128 Å². The van der Waals surface area contributed by atoms with E-state index < -0.39 is 0 Å². The summed E-state index contributed by atoms with van der Waals surface area (Å²) in [6.07, 6.45) is 0. The van der Waals surface area contributed by atoms with E-state index in [0.29, 0.717) is 24.0 Å². The third-order valence-corrected chi connectivity index (χ3v) is 3.87. The quantitative estimate of drug-likeness (QED) is 0.761. The van der Waals surface area contributed by atoms with Gasteiger partial charge in [0, 0.05) is 11.3 Å². The maximum absolute atomic E-state index is 11.3. The van der Waals surface area contributed by atoms with Gasteiger partial charge in [-0.3, -0.25) is 4.79 Å². The van der Waals surface area contributed by atoms with Gasteiger partial charge in [-0.2, -0.15) is 0 Å². The molecule has 0 aliphatic rings. The fourth-order valence-electron chi connectivity index (χ4n) is 1.82. The number of rotatable bonds is 6. The fourth-order valence-corrected chi connectivity index (χ4v) is 2.63. The molecule has 21 heavy (non-hydrogen) atoms. The van der Waals surface area contributed by atoms with Crippen LogP contribution >= 0.6 is 11.8 Å². The molecule has 0 saturated heterocycles. The van der Waals surface area contributed by atoms with E-state index in [4.69, 9.17) is 9.15 Å².